The van der Waals surface area contributed by atoms with Crippen molar-refractivity contribution in [3.63, 3.8) is 0 Å². The van der Waals surface area contributed by atoms with E-state index < -0.39 is 5.54 Å². The van der Waals surface area contributed by atoms with Crippen LogP contribution in [0.1, 0.15) is 43.1 Å². The van der Waals surface area contributed by atoms with Gasteiger partial charge in [-0.2, -0.15) is 0 Å². The lowest BCUT2D eigenvalue weighted by atomic mass is 9.62. The molecule has 3 aromatic rings. The number of amides is 2. The summed E-state index contributed by atoms with van der Waals surface area (Å²) >= 11 is 0. The number of furan rings is 1. The molecule has 2 amide bonds. The summed E-state index contributed by atoms with van der Waals surface area (Å²) in [4.78, 5) is 29.2. The number of carbonyl (C=O) groups excluding carboxylic acids is 2. The average Bonchev–Trinajstić information content (AvgIpc) is 3.43. The van der Waals surface area contributed by atoms with Crippen LogP contribution < -0.4 is 14.8 Å². The summed E-state index contributed by atoms with van der Waals surface area (Å²) < 4.78 is 16.5. The highest BCUT2D eigenvalue weighted by molar-refractivity contribution is 6.01. The molecule has 2 aliphatic carbocycles. The van der Waals surface area contributed by atoms with Crippen molar-refractivity contribution in [2.45, 2.75) is 51.1 Å². The second-order valence-electron chi connectivity index (χ2n) is 10.2. The zero-order valence-corrected chi connectivity index (χ0v) is 21.7. The lowest BCUT2D eigenvalue weighted by Crippen LogP contribution is -2.61. The Hall–Kier alpha value is -3.74. The number of hydrogen-bond donors (Lipinski definition) is 1. The summed E-state index contributed by atoms with van der Waals surface area (Å²) in [6.07, 6.45) is 5.57. The van der Waals surface area contributed by atoms with Crippen LogP contribution in [0.15, 0.2) is 65.3 Å². The van der Waals surface area contributed by atoms with E-state index in [1.807, 2.05) is 6.07 Å². The highest BCUT2D eigenvalue weighted by Crippen LogP contribution is 2.47. The number of fused-ring (bicyclic) bond motifs is 2. The van der Waals surface area contributed by atoms with E-state index in [4.69, 9.17) is 13.9 Å². The number of nitrogens with one attached hydrogen (secondary N) is 1. The maximum atomic E-state index is 14.3. The number of nitrogens with zero attached hydrogens (tertiary/aromatic N) is 1. The van der Waals surface area contributed by atoms with Gasteiger partial charge in [-0.25, -0.2) is 0 Å². The fourth-order valence-electron chi connectivity index (χ4n) is 6.23. The second kappa shape index (κ2) is 10.3. The molecular formula is C30H34N2O5. The zero-order chi connectivity index (χ0) is 26.0. The number of anilines is 1. The van der Waals surface area contributed by atoms with Crippen LogP contribution in [-0.4, -0.2) is 36.5 Å². The van der Waals surface area contributed by atoms with Crippen LogP contribution in [0.25, 0.3) is 0 Å². The van der Waals surface area contributed by atoms with Crippen LogP contribution in [0.4, 0.5) is 5.69 Å². The van der Waals surface area contributed by atoms with Gasteiger partial charge in [-0.1, -0.05) is 24.3 Å². The molecule has 5 rings (SSSR count). The number of hydrogen-bond acceptors (Lipinski definition) is 5. The first-order valence-corrected chi connectivity index (χ1v) is 12.8. The van der Waals surface area contributed by atoms with E-state index in [1.165, 1.54) is 18.1 Å². The Bertz CT molecular complexity index is 1270. The number of carbonyl (C=O) groups is 2. The summed E-state index contributed by atoms with van der Waals surface area (Å²) in [7, 11) is 3.14. The summed E-state index contributed by atoms with van der Waals surface area (Å²) in [5.74, 6) is 2.23. The predicted molar refractivity (Wildman–Crippen MR) is 141 cm³/mol. The van der Waals surface area contributed by atoms with Crippen molar-refractivity contribution in [2.24, 2.45) is 11.8 Å². The second-order valence-corrected chi connectivity index (χ2v) is 10.2. The molecule has 0 saturated heterocycles. The van der Waals surface area contributed by atoms with E-state index >= 15 is 0 Å². The third-order valence-corrected chi connectivity index (χ3v) is 8.15. The third kappa shape index (κ3) is 4.82. The molecule has 3 atom stereocenters. The van der Waals surface area contributed by atoms with E-state index in [0.717, 1.165) is 19.3 Å². The van der Waals surface area contributed by atoms with Crippen LogP contribution in [0, 0.1) is 11.8 Å². The van der Waals surface area contributed by atoms with Crippen LogP contribution in [0.2, 0.25) is 0 Å². The maximum absolute atomic E-state index is 14.3. The van der Waals surface area contributed by atoms with Crippen molar-refractivity contribution < 1.29 is 23.5 Å². The minimum absolute atomic E-state index is 0.150. The van der Waals surface area contributed by atoms with Gasteiger partial charge in [-0.05, 0) is 79.3 Å². The highest BCUT2D eigenvalue weighted by Gasteiger charge is 2.52. The summed E-state index contributed by atoms with van der Waals surface area (Å²) in [5, 5.41) is 3.11. The molecule has 2 aliphatic rings. The first kappa shape index (κ1) is 24.9. The summed E-state index contributed by atoms with van der Waals surface area (Å²) in [6.45, 7) is 1.78. The molecule has 1 unspecified atom stereocenters. The van der Waals surface area contributed by atoms with E-state index in [-0.39, 0.29) is 18.4 Å². The predicted octanol–water partition coefficient (Wildman–Crippen LogP) is 5.24. The van der Waals surface area contributed by atoms with Crippen molar-refractivity contribution in [1.29, 1.82) is 0 Å². The van der Waals surface area contributed by atoms with Gasteiger partial charge in [-0.15, -0.1) is 0 Å². The Morgan fingerprint density at radius 1 is 1.03 bits per heavy atom. The van der Waals surface area contributed by atoms with Gasteiger partial charge in [0.25, 0.3) is 0 Å². The van der Waals surface area contributed by atoms with Gasteiger partial charge in [0.05, 0.1) is 32.7 Å². The van der Waals surface area contributed by atoms with E-state index in [1.54, 1.807) is 49.6 Å². The largest absolute Gasteiger partial charge is 0.497 e. The standard InChI is InChI=1S/C30H34N2O5/c1-20(33)32(19-26-9-6-14-37-26)30(29(34)31-27-11-10-25(35-2)17-28(27)36-3)13-12-23-15-21-7-4-5-8-22(21)16-24(23)18-30/h4-11,14,17,23-24H,12-13,15-16,18-19H2,1-3H3,(H,31,34)/t23-,24+,30?/m1/s1. The molecule has 37 heavy (non-hydrogen) atoms. The number of benzene rings is 2. The molecule has 0 spiro atoms. The normalized spacial score (nSPS) is 22.4. The van der Waals surface area contributed by atoms with Crippen molar-refractivity contribution in [2.75, 3.05) is 19.5 Å². The molecule has 0 aliphatic heterocycles. The van der Waals surface area contributed by atoms with Gasteiger partial charge >= 0.3 is 0 Å². The first-order valence-electron chi connectivity index (χ1n) is 12.8. The molecule has 7 heteroatoms. The molecule has 1 saturated carbocycles. The average molecular weight is 503 g/mol. The molecule has 1 heterocycles. The van der Waals surface area contributed by atoms with Gasteiger partial charge in [-0.3, -0.25) is 9.59 Å². The smallest absolute Gasteiger partial charge is 0.250 e. The van der Waals surface area contributed by atoms with Crippen molar-refractivity contribution in [1.82, 2.24) is 4.90 Å². The Morgan fingerprint density at radius 3 is 2.43 bits per heavy atom. The minimum atomic E-state index is -1.02. The SMILES string of the molecule is COc1ccc(NC(=O)C2(N(Cc3ccco3)C(C)=O)CC[C@@H]3Cc4ccccc4C[C@H]3C2)c(OC)c1. The number of methoxy groups -OCH3 is 2. The Morgan fingerprint density at radius 2 is 1.78 bits per heavy atom. The van der Waals surface area contributed by atoms with Gasteiger partial charge in [0.15, 0.2) is 0 Å². The molecular weight excluding hydrogens is 468 g/mol. The van der Waals surface area contributed by atoms with Crippen LogP contribution in [0.5, 0.6) is 11.5 Å². The fourth-order valence-corrected chi connectivity index (χ4v) is 6.23. The first-order chi connectivity index (χ1) is 17.9. The quantitative estimate of drug-likeness (QED) is 0.478. The van der Waals surface area contributed by atoms with E-state index in [9.17, 15) is 9.59 Å². The summed E-state index contributed by atoms with van der Waals surface area (Å²) in [6, 6.07) is 17.5. The zero-order valence-electron chi connectivity index (χ0n) is 21.7. The van der Waals surface area contributed by atoms with E-state index in [2.05, 4.69) is 29.6 Å². The van der Waals surface area contributed by atoms with Crippen LogP contribution in [0.3, 0.4) is 0 Å². The Balaban J connectivity index is 1.51. The van der Waals surface area contributed by atoms with Gasteiger partial charge < -0.3 is 24.1 Å². The molecule has 0 bridgehead atoms. The Kier molecular flexibility index (Phi) is 6.96. The van der Waals surface area contributed by atoms with E-state index in [0.29, 0.717) is 47.6 Å². The van der Waals surface area contributed by atoms with Crippen molar-refractivity contribution in [3.05, 3.63) is 77.7 Å². The van der Waals surface area contributed by atoms with Crippen LogP contribution >= 0.6 is 0 Å². The molecule has 0 radical (unpaired) electrons. The monoisotopic (exact) mass is 502 g/mol. The molecule has 1 N–H and O–H groups in total. The maximum Gasteiger partial charge on any atom is 0.250 e. The van der Waals surface area contributed by atoms with Crippen molar-refractivity contribution in [3.8, 4) is 11.5 Å². The Labute approximate surface area is 217 Å². The molecule has 7 nitrogen and oxygen atoms in total. The highest BCUT2D eigenvalue weighted by atomic mass is 16.5. The van der Waals surface area contributed by atoms with Gasteiger partial charge in [0.2, 0.25) is 11.8 Å². The lowest BCUT2D eigenvalue weighted by Gasteiger charge is -2.50. The minimum Gasteiger partial charge on any atom is -0.497 e. The molecule has 2 aromatic carbocycles. The number of ether oxygens (including phenoxy) is 2. The summed E-state index contributed by atoms with van der Waals surface area (Å²) in [5.41, 5.74) is 2.28. The van der Waals surface area contributed by atoms with Crippen LogP contribution in [-0.2, 0) is 29.0 Å². The topological polar surface area (TPSA) is 81.0 Å². The molecule has 194 valence electrons. The number of rotatable bonds is 7. The third-order valence-electron chi connectivity index (χ3n) is 8.15. The van der Waals surface area contributed by atoms with Gasteiger partial charge in [0, 0.05) is 13.0 Å². The van der Waals surface area contributed by atoms with Gasteiger partial charge in [0.1, 0.15) is 22.8 Å². The molecule has 1 fully saturated rings. The lowest BCUT2D eigenvalue weighted by molar-refractivity contribution is -0.150. The van der Waals surface area contributed by atoms with Crippen molar-refractivity contribution >= 4 is 17.5 Å². The molecule has 1 aromatic heterocycles. The fraction of sp³-hybridized carbons (Fsp3) is 0.400.